The lowest BCUT2D eigenvalue weighted by Gasteiger charge is -2.35. The lowest BCUT2D eigenvalue weighted by Crippen LogP contribution is -2.45. The molecule has 0 saturated carbocycles. The average Bonchev–Trinajstić information content (AvgIpc) is 2.41. The minimum atomic E-state index is -0.524. The van der Waals surface area contributed by atoms with Crippen LogP contribution < -0.4 is 5.32 Å². The molecule has 3 nitrogen and oxygen atoms in total. The number of hydrogen-bond acceptors (Lipinski definition) is 3. The Labute approximate surface area is 108 Å². The Bertz CT molecular complexity index is 391. The van der Waals surface area contributed by atoms with Gasteiger partial charge in [0.1, 0.15) is 0 Å². The van der Waals surface area contributed by atoms with Crippen LogP contribution >= 0.6 is 0 Å². The highest BCUT2D eigenvalue weighted by atomic mass is 19.1. The molecule has 4 heteroatoms. The highest BCUT2D eigenvalue weighted by Crippen LogP contribution is 2.33. The molecular formula is C14H21FN2O. The highest BCUT2D eigenvalue weighted by molar-refractivity contribution is 5.36. The second-order valence-electron chi connectivity index (χ2n) is 4.77. The van der Waals surface area contributed by atoms with Crippen molar-refractivity contribution in [3.63, 3.8) is 0 Å². The Hall–Kier alpha value is -1.13. The second kappa shape index (κ2) is 6.16. The molecule has 1 aromatic carbocycles. The topological polar surface area (TPSA) is 35.5 Å². The van der Waals surface area contributed by atoms with Gasteiger partial charge in [-0.2, -0.15) is 0 Å². The SMILES string of the molecule is CCC[C@@H](c1cccc(F)c1O)N1CCNCC1. The fraction of sp³-hybridized carbons (Fsp3) is 0.571. The Morgan fingerprint density at radius 1 is 1.39 bits per heavy atom. The van der Waals surface area contributed by atoms with Crippen LogP contribution in [-0.2, 0) is 0 Å². The predicted octanol–water partition coefficient (Wildman–Crippen LogP) is 2.28. The summed E-state index contributed by atoms with van der Waals surface area (Å²) < 4.78 is 13.5. The van der Waals surface area contributed by atoms with Crippen LogP contribution in [0.25, 0.3) is 0 Å². The number of benzene rings is 1. The summed E-state index contributed by atoms with van der Waals surface area (Å²) in [5.74, 6) is -0.710. The molecule has 100 valence electrons. The van der Waals surface area contributed by atoms with Gasteiger partial charge in [0.15, 0.2) is 11.6 Å². The molecule has 0 radical (unpaired) electrons. The van der Waals surface area contributed by atoms with Gasteiger partial charge < -0.3 is 10.4 Å². The molecule has 18 heavy (non-hydrogen) atoms. The van der Waals surface area contributed by atoms with Crippen LogP contribution in [0.4, 0.5) is 4.39 Å². The molecule has 1 aromatic rings. The van der Waals surface area contributed by atoms with E-state index < -0.39 is 5.82 Å². The van der Waals surface area contributed by atoms with E-state index >= 15 is 0 Å². The number of piperazine rings is 1. The molecule has 1 fully saturated rings. The fourth-order valence-electron chi connectivity index (χ4n) is 2.60. The molecule has 1 atom stereocenters. The summed E-state index contributed by atoms with van der Waals surface area (Å²) in [6, 6.07) is 4.93. The van der Waals surface area contributed by atoms with Crippen LogP contribution in [0.1, 0.15) is 31.4 Å². The molecule has 0 spiro atoms. The van der Waals surface area contributed by atoms with Gasteiger partial charge in [0.25, 0.3) is 0 Å². The largest absolute Gasteiger partial charge is 0.505 e. The van der Waals surface area contributed by atoms with E-state index in [2.05, 4.69) is 17.1 Å². The van der Waals surface area contributed by atoms with Crippen molar-refractivity contribution in [2.45, 2.75) is 25.8 Å². The third-order valence-electron chi connectivity index (χ3n) is 3.53. The first-order valence-electron chi connectivity index (χ1n) is 6.66. The lowest BCUT2D eigenvalue weighted by molar-refractivity contribution is 0.161. The van der Waals surface area contributed by atoms with Gasteiger partial charge in [0, 0.05) is 37.8 Å². The molecule has 0 aliphatic carbocycles. The molecule has 2 rings (SSSR count). The van der Waals surface area contributed by atoms with E-state index in [-0.39, 0.29) is 11.8 Å². The van der Waals surface area contributed by atoms with Crippen molar-refractivity contribution in [3.8, 4) is 5.75 Å². The van der Waals surface area contributed by atoms with E-state index in [0.717, 1.165) is 44.6 Å². The fourth-order valence-corrected chi connectivity index (χ4v) is 2.60. The number of aromatic hydroxyl groups is 1. The minimum absolute atomic E-state index is 0.118. The normalized spacial score (nSPS) is 18.8. The first kappa shape index (κ1) is 13.3. The minimum Gasteiger partial charge on any atom is -0.505 e. The molecule has 0 bridgehead atoms. The standard InChI is InChI=1S/C14H21FN2O/c1-2-4-13(17-9-7-16-8-10-17)11-5-3-6-12(15)14(11)18/h3,5-6,13,16,18H,2,4,7-10H2,1H3/t13-/m0/s1. The summed E-state index contributed by atoms with van der Waals surface area (Å²) >= 11 is 0. The van der Waals surface area contributed by atoms with Gasteiger partial charge in [-0.3, -0.25) is 4.90 Å². The van der Waals surface area contributed by atoms with Gasteiger partial charge >= 0.3 is 0 Å². The maximum atomic E-state index is 13.5. The summed E-state index contributed by atoms with van der Waals surface area (Å²) in [4.78, 5) is 2.33. The number of rotatable bonds is 4. The van der Waals surface area contributed by atoms with Crippen LogP contribution in [0.15, 0.2) is 18.2 Å². The first-order chi connectivity index (χ1) is 8.74. The van der Waals surface area contributed by atoms with Gasteiger partial charge in [0.05, 0.1) is 0 Å². The van der Waals surface area contributed by atoms with E-state index in [9.17, 15) is 9.50 Å². The summed E-state index contributed by atoms with van der Waals surface area (Å²) in [6.07, 6.45) is 1.96. The third kappa shape index (κ3) is 2.82. The molecule has 0 aromatic heterocycles. The van der Waals surface area contributed by atoms with Crippen molar-refractivity contribution in [2.75, 3.05) is 26.2 Å². The maximum absolute atomic E-state index is 13.5. The van der Waals surface area contributed by atoms with E-state index in [1.54, 1.807) is 6.07 Å². The Morgan fingerprint density at radius 2 is 2.11 bits per heavy atom. The van der Waals surface area contributed by atoms with Crippen molar-refractivity contribution in [2.24, 2.45) is 0 Å². The van der Waals surface area contributed by atoms with E-state index in [1.807, 2.05) is 6.07 Å². The number of para-hydroxylation sites is 1. The van der Waals surface area contributed by atoms with Gasteiger partial charge in [-0.05, 0) is 12.5 Å². The van der Waals surface area contributed by atoms with Crippen LogP contribution in [0.2, 0.25) is 0 Å². The smallest absolute Gasteiger partial charge is 0.165 e. The molecule has 1 saturated heterocycles. The average molecular weight is 252 g/mol. The molecule has 0 amide bonds. The monoisotopic (exact) mass is 252 g/mol. The van der Waals surface area contributed by atoms with Gasteiger partial charge in [-0.25, -0.2) is 4.39 Å². The van der Waals surface area contributed by atoms with Crippen molar-refractivity contribution in [1.82, 2.24) is 10.2 Å². The molecule has 1 aliphatic heterocycles. The Balaban J connectivity index is 2.25. The Kier molecular flexibility index (Phi) is 4.55. The number of hydrogen-bond donors (Lipinski definition) is 2. The van der Waals surface area contributed by atoms with Crippen molar-refractivity contribution in [1.29, 1.82) is 0 Å². The predicted molar refractivity (Wildman–Crippen MR) is 70.2 cm³/mol. The molecule has 1 heterocycles. The number of phenolic OH excluding ortho intramolecular Hbond substituents is 1. The van der Waals surface area contributed by atoms with Crippen molar-refractivity contribution in [3.05, 3.63) is 29.6 Å². The zero-order valence-electron chi connectivity index (χ0n) is 10.8. The van der Waals surface area contributed by atoms with Gasteiger partial charge in [0.2, 0.25) is 0 Å². The maximum Gasteiger partial charge on any atom is 0.165 e. The number of nitrogens with zero attached hydrogens (tertiary/aromatic N) is 1. The quantitative estimate of drug-likeness (QED) is 0.863. The van der Waals surface area contributed by atoms with Crippen molar-refractivity contribution >= 4 is 0 Å². The summed E-state index contributed by atoms with van der Waals surface area (Å²) in [5.41, 5.74) is 0.721. The summed E-state index contributed by atoms with van der Waals surface area (Å²) in [6.45, 7) is 5.92. The zero-order valence-corrected chi connectivity index (χ0v) is 10.8. The third-order valence-corrected chi connectivity index (χ3v) is 3.53. The molecule has 0 unspecified atom stereocenters. The van der Waals surface area contributed by atoms with Crippen molar-refractivity contribution < 1.29 is 9.50 Å². The van der Waals surface area contributed by atoms with Crippen LogP contribution in [0.5, 0.6) is 5.75 Å². The lowest BCUT2D eigenvalue weighted by atomic mass is 9.98. The molecule has 1 aliphatic rings. The second-order valence-corrected chi connectivity index (χ2v) is 4.77. The number of phenols is 1. The number of halogens is 1. The van der Waals surface area contributed by atoms with Gasteiger partial charge in [-0.15, -0.1) is 0 Å². The van der Waals surface area contributed by atoms with E-state index in [4.69, 9.17) is 0 Å². The first-order valence-corrected chi connectivity index (χ1v) is 6.66. The summed E-state index contributed by atoms with van der Waals surface area (Å²) in [7, 11) is 0. The highest BCUT2D eigenvalue weighted by Gasteiger charge is 2.24. The van der Waals surface area contributed by atoms with E-state index in [0.29, 0.717) is 0 Å². The van der Waals surface area contributed by atoms with Crippen LogP contribution in [0, 0.1) is 5.82 Å². The molecular weight excluding hydrogens is 231 g/mol. The van der Waals surface area contributed by atoms with Crippen LogP contribution in [0.3, 0.4) is 0 Å². The summed E-state index contributed by atoms with van der Waals surface area (Å²) in [5, 5.41) is 13.2. The molecule has 2 N–H and O–H groups in total. The van der Waals surface area contributed by atoms with Crippen LogP contribution in [-0.4, -0.2) is 36.2 Å². The Morgan fingerprint density at radius 3 is 2.78 bits per heavy atom. The zero-order chi connectivity index (χ0) is 13.0. The van der Waals surface area contributed by atoms with E-state index in [1.165, 1.54) is 6.07 Å². The van der Waals surface area contributed by atoms with Gasteiger partial charge in [-0.1, -0.05) is 25.5 Å². The number of nitrogens with one attached hydrogen (secondary N) is 1.